The average molecular weight is 447 g/mol. The minimum Gasteiger partial charge on any atom is -0.453 e. The first-order valence-corrected chi connectivity index (χ1v) is 11.9. The van der Waals surface area contributed by atoms with E-state index in [1.54, 1.807) is 0 Å². The first kappa shape index (κ1) is 26.3. The van der Waals surface area contributed by atoms with Gasteiger partial charge in [-0.25, -0.2) is 14.8 Å². The van der Waals surface area contributed by atoms with Crippen LogP contribution in [0.4, 0.5) is 4.79 Å². The van der Waals surface area contributed by atoms with E-state index in [2.05, 4.69) is 35.4 Å². The Morgan fingerprint density at radius 2 is 1.94 bits per heavy atom. The number of aromatic nitrogens is 2. The van der Waals surface area contributed by atoms with Crippen molar-refractivity contribution in [2.75, 3.05) is 20.8 Å². The summed E-state index contributed by atoms with van der Waals surface area (Å²) in [5.41, 5.74) is 1.29. The van der Waals surface area contributed by atoms with Gasteiger partial charge in [-0.15, -0.1) is 13.2 Å². The van der Waals surface area contributed by atoms with Crippen LogP contribution in [0.2, 0.25) is 0 Å². The fourth-order valence-electron chi connectivity index (χ4n) is 5.36. The third-order valence-electron chi connectivity index (χ3n) is 7.07. The lowest BCUT2D eigenvalue weighted by Crippen LogP contribution is -2.48. The summed E-state index contributed by atoms with van der Waals surface area (Å²) in [5, 5.41) is 3.34. The molecule has 7 heteroatoms. The van der Waals surface area contributed by atoms with Crippen LogP contribution in [0.15, 0.2) is 25.6 Å². The van der Waals surface area contributed by atoms with Gasteiger partial charge in [0.25, 0.3) is 0 Å². The van der Waals surface area contributed by atoms with Crippen LogP contribution >= 0.6 is 0 Å². The van der Waals surface area contributed by atoms with Gasteiger partial charge in [0, 0.05) is 29.9 Å². The maximum atomic E-state index is 12.2. The largest absolute Gasteiger partial charge is 0.453 e. The lowest BCUT2D eigenvalue weighted by atomic mass is 9.86. The number of fused-ring (bicyclic) bond motifs is 1. The Kier molecular flexibility index (Phi) is 9.64. The van der Waals surface area contributed by atoms with Gasteiger partial charge in [-0.2, -0.15) is 0 Å². The monoisotopic (exact) mass is 446 g/mol. The highest BCUT2D eigenvalue weighted by Gasteiger charge is 2.60. The molecule has 2 heterocycles. The number of carbonyl (C=O) groups excluding carboxylic acids is 1. The van der Waals surface area contributed by atoms with Crippen LogP contribution in [0.3, 0.4) is 0 Å². The quantitative estimate of drug-likeness (QED) is 0.681. The summed E-state index contributed by atoms with van der Waals surface area (Å²) in [6, 6.07) is 0.400. The molecule has 7 nitrogen and oxygen atoms in total. The standard InChI is InChI=1S/C21H32N4O3.C2H6.C2H4/c1-13-10-23-19(24-11-13)21-6-5-16(8-15(21)9-21)28-12-18-17(22-3)7-14(2)25(18)20(26)27-4;2*1-2/h10-11,14-18,22H,5-9,12H2,1-4H3;1-2H3;1-2H2. The molecule has 6 unspecified atom stereocenters. The average Bonchev–Trinajstić information content (AvgIpc) is 3.48. The molecule has 6 atom stereocenters. The summed E-state index contributed by atoms with van der Waals surface area (Å²) in [7, 11) is 3.40. The van der Waals surface area contributed by atoms with E-state index >= 15 is 0 Å². The topological polar surface area (TPSA) is 76.6 Å². The molecule has 1 aromatic rings. The van der Waals surface area contributed by atoms with Crippen molar-refractivity contribution in [2.45, 2.75) is 89.4 Å². The Hall–Kier alpha value is -1.99. The zero-order chi connectivity index (χ0) is 23.9. The van der Waals surface area contributed by atoms with Gasteiger partial charge in [-0.05, 0) is 64.5 Å². The summed E-state index contributed by atoms with van der Waals surface area (Å²) in [5.74, 6) is 1.63. The number of aryl methyl sites for hydroxylation is 1. The van der Waals surface area contributed by atoms with E-state index in [0.717, 1.165) is 37.1 Å². The summed E-state index contributed by atoms with van der Waals surface area (Å²) in [6.07, 6.45) is 9.10. The van der Waals surface area contributed by atoms with Crippen LogP contribution in [0.5, 0.6) is 0 Å². The molecule has 4 rings (SSSR count). The molecule has 1 aliphatic heterocycles. The van der Waals surface area contributed by atoms with E-state index < -0.39 is 0 Å². The fourth-order valence-corrected chi connectivity index (χ4v) is 5.36. The fraction of sp³-hybridized carbons (Fsp3) is 0.720. The van der Waals surface area contributed by atoms with Crippen LogP contribution in [0.25, 0.3) is 0 Å². The van der Waals surface area contributed by atoms with Gasteiger partial charge in [0.05, 0.1) is 25.9 Å². The number of carbonyl (C=O) groups is 1. The molecule has 2 saturated carbocycles. The van der Waals surface area contributed by atoms with Gasteiger partial charge in [0.1, 0.15) is 5.82 Å². The zero-order valence-corrected chi connectivity index (χ0v) is 20.8. The minimum atomic E-state index is -0.264. The zero-order valence-electron chi connectivity index (χ0n) is 20.8. The van der Waals surface area contributed by atoms with Gasteiger partial charge in [-0.3, -0.25) is 4.90 Å². The molecular formula is C25H42N4O3. The summed E-state index contributed by atoms with van der Waals surface area (Å²) < 4.78 is 11.3. The van der Waals surface area contributed by atoms with Crippen LogP contribution < -0.4 is 5.32 Å². The number of hydrogen-bond donors (Lipinski definition) is 1. The number of likely N-dealkylation sites (N-methyl/N-ethyl adjacent to an activating group) is 1. The van der Waals surface area contributed by atoms with Gasteiger partial charge in [-0.1, -0.05) is 13.8 Å². The van der Waals surface area contributed by atoms with E-state index in [1.165, 1.54) is 13.5 Å². The smallest absolute Gasteiger partial charge is 0.410 e. The van der Waals surface area contributed by atoms with Gasteiger partial charge in [0.15, 0.2) is 0 Å². The Balaban J connectivity index is 0.000000860. The minimum absolute atomic E-state index is 0.0127. The lowest BCUT2D eigenvalue weighted by molar-refractivity contribution is -0.0109. The number of amides is 1. The summed E-state index contributed by atoms with van der Waals surface area (Å²) in [6.45, 7) is 14.6. The van der Waals surface area contributed by atoms with Crippen molar-refractivity contribution in [1.29, 1.82) is 0 Å². The molecule has 3 fully saturated rings. The van der Waals surface area contributed by atoms with Gasteiger partial charge < -0.3 is 14.8 Å². The molecular weight excluding hydrogens is 404 g/mol. The SMILES string of the molecule is C=C.CC.CNC1CC(C)N(C(=O)OC)C1COC1CCC2(c3ncc(C)cn3)CC2C1. The molecule has 3 aliphatic rings. The van der Waals surface area contributed by atoms with E-state index in [9.17, 15) is 4.79 Å². The molecule has 1 saturated heterocycles. The highest BCUT2D eigenvalue weighted by Crippen LogP contribution is 2.61. The summed E-state index contributed by atoms with van der Waals surface area (Å²) >= 11 is 0. The molecule has 1 N–H and O–H groups in total. The number of nitrogens with zero attached hydrogens (tertiary/aromatic N) is 3. The Labute approximate surface area is 194 Å². The van der Waals surface area contributed by atoms with Crippen molar-refractivity contribution in [1.82, 2.24) is 20.2 Å². The molecule has 32 heavy (non-hydrogen) atoms. The second-order valence-electron chi connectivity index (χ2n) is 8.80. The van der Waals surface area contributed by atoms with Gasteiger partial charge >= 0.3 is 6.09 Å². The molecule has 0 radical (unpaired) electrons. The maximum Gasteiger partial charge on any atom is 0.410 e. The molecule has 0 aromatic carbocycles. The van der Waals surface area contributed by atoms with E-state index in [1.807, 2.05) is 45.1 Å². The predicted octanol–water partition coefficient (Wildman–Crippen LogP) is 4.26. The van der Waals surface area contributed by atoms with E-state index in [4.69, 9.17) is 9.47 Å². The van der Waals surface area contributed by atoms with Crippen molar-refractivity contribution in [3.8, 4) is 0 Å². The molecule has 1 aromatic heterocycles. The Morgan fingerprint density at radius 3 is 2.50 bits per heavy atom. The van der Waals surface area contributed by atoms with Crippen molar-refractivity contribution >= 4 is 6.09 Å². The molecule has 1 amide bonds. The van der Waals surface area contributed by atoms with Crippen LogP contribution in [0, 0.1) is 12.8 Å². The summed E-state index contributed by atoms with van der Waals surface area (Å²) in [4.78, 5) is 23.3. The third-order valence-corrected chi connectivity index (χ3v) is 7.07. The third kappa shape index (κ3) is 5.31. The number of likely N-dealkylation sites (tertiary alicyclic amines) is 1. The number of ether oxygens (including phenoxy) is 2. The first-order chi connectivity index (χ1) is 15.5. The molecule has 2 aliphatic carbocycles. The highest BCUT2D eigenvalue weighted by atomic mass is 16.5. The molecule has 180 valence electrons. The number of methoxy groups -OCH3 is 1. The predicted molar refractivity (Wildman–Crippen MR) is 128 cm³/mol. The first-order valence-electron chi connectivity index (χ1n) is 11.9. The second kappa shape index (κ2) is 11.8. The number of nitrogens with one attached hydrogen (secondary N) is 1. The van der Waals surface area contributed by atoms with Crippen LogP contribution in [-0.2, 0) is 14.9 Å². The maximum absolute atomic E-state index is 12.2. The van der Waals surface area contributed by atoms with Crippen molar-refractivity contribution in [3.05, 3.63) is 36.9 Å². The lowest BCUT2D eigenvalue weighted by Gasteiger charge is -2.32. The van der Waals surface area contributed by atoms with Crippen molar-refractivity contribution in [3.63, 3.8) is 0 Å². The Morgan fingerprint density at radius 1 is 1.28 bits per heavy atom. The van der Waals surface area contributed by atoms with Crippen molar-refractivity contribution < 1.29 is 14.3 Å². The van der Waals surface area contributed by atoms with E-state index in [-0.39, 0.29) is 35.7 Å². The highest BCUT2D eigenvalue weighted by molar-refractivity contribution is 5.69. The molecule has 0 spiro atoms. The number of rotatable bonds is 5. The normalized spacial score (nSPS) is 32.6. The van der Waals surface area contributed by atoms with Crippen molar-refractivity contribution in [2.24, 2.45) is 5.92 Å². The number of hydrogen-bond acceptors (Lipinski definition) is 6. The molecule has 0 bridgehead atoms. The van der Waals surface area contributed by atoms with Gasteiger partial charge in [0.2, 0.25) is 0 Å². The van der Waals surface area contributed by atoms with Crippen LogP contribution in [0.1, 0.15) is 64.3 Å². The Bertz CT molecular complexity index is 728. The van der Waals surface area contributed by atoms with Crippen LogP contribution in [-0.4, -0.2) is 66.0 Å². The second-order valence-corrected chi connectivity index (χ2v) is 8.80. The van der Waals surface area contributed by atoms with E-state index in [0.29, 0.717) is 12.5 Å².